The van der Waals surface area contributed by atoms with E-state index in [4.69, 9.17) is 0 Å². The fourth-order valence-corrected chi connectivity index (χ4v) is 4.60. The molecule has 2 saturated heterocycles. The molecule has 1 spiro atoms. The molecule has 3 rings (SSSR count). The summed E-state index contributed by atoms with van der Waals surface area (Å²) in [5, 5.41) is 14.0. The molecule has 0 bridgehead atoms. The molecule has 110 valence electrons. The van der Waals surface area contributed by atoms with Crippen LogP contribution in [-0.4, -0.2) is 48.3 Å². The lowest BCUT2D eigenvalue weighted by molar-refractivity contribution is -0.0145. The van der Waals surface area contributed by atoms with Crippen molar-refractivity contribution in [3.8, 4) is 0 Å². The normalized spacial score (nSPS) is 42.2. The van der Waals surface area contributed by atoms with Crippen LogP contribution in [0.5, 0.6) is 0 Å². The molecule has 0 aromatic rings. The van der Waals surface area contributed by atoms with E-state index in [2.05, 4.69) is 10.2 Å². The van der Waals surface area contributed by atoms with Gasteiger partial charge in [-0.1, -0.05) is 19.3 Å². The van der Waals surface area contributed by atoms with Gasteiger partial charge in [-0.15, -0.1) is 0 Å². The summed E-state index contributed by atoms with van der Waals surface area (Å²) < 4.78 is 0. The summed E-state index contributed by atoms with van der Waals surface area (Å²) in [5.74, 6) is 0. The van der Waals surface area contributed by atoms with E-state index in [9.17, 15) is 5.11 Å². The molecule has 3 atom stereocenters. The van der Waals surface area contributed by atoms with Crippen LogP contribution in [0.3, 0.4) is 0 Å². The predicted molar refractivity (Wildman–Crippen MR) is 78.2 cm³/mol. The lowest BCUT2D eigenvalue weighted by Gasteiger charge is -2.48. The van der Waals surface area contributed by atoms with E-state index < -0.39 is 0 Å². The van der Waals surface area contributed by atoms with E-state index in [1.807, 2.05) is 0 Å². The van der Waals surface area contributed by atoms with Gasteiger partial charge < -0.3 is 10.4 Å². The van der Waals surface area contributed by atoms with E-state index in [0.29, 0.717) is 11.5 Å². The minimum Gasteiger partial charge on any atom is -0.391 e. The van der Waals surface area contributed by atoms with Crippen LogP contribution in [0.2, 0.25) is 0 Å². The SMILES string of the molecule is OC1CCCCCC1N1CCCC2(CCCNC2)C1. The molecular weight excluding hydrogens is 236 g/mol. The quantitative estimate of drug-likeness (QED) is 0.714. The van der Waals surface area contributed by atoms with Gasteiger partial charge in [0.2, 0.25) is 0 Å². The standard InChI is InChI=1S/C16H30N2O/c19-15-7-3-1-2-6-14(15)18-11-5-9-16(13-18)8-4-10-17-12-16/h14-15,17,19H,1-13H2. The van der Waals surface area contributed by atoms with Gasteiger partial charge in [0.1, 0.15) is 0 Å². The molecule has 0 amide bonds. The highest BCUT2D eigenvalue weighted by atomic mass is 16.3. The lowest BCUT2D eigenvalue weighted by atomic mass is 9.74. The Kier molecular flexibility index (Phi) is 4.45. The summed E-state index contributed by atoms with van der Waals surface area (Å²) in [6.45, 7) is 4.84. The zero-order valence-corrected chi connectivity index (χ0v) is 12.2. The van der Waals surface area contributed by atoms with Gasteiger partial charge >= 0.3 is 0 Å². The number of aliphatic hydroxyl groups is 1. The number of nitrogens with zero attached hydrogens (tertiary/aromatic N) is 1. The van der Waals surface area contributed by atoms with Crippen LogP contribution in [0.25, 0.3) is 0 Å². The number of aliphatic hydroxyl groups excluding tert-OH is 1. The van der Waals surface area contributed by atoms with Gasteiger partial charge in [-0.3, -0.25) is 4.90 Å². The highest BCUT2D eigenvalue weighted by Gasteiger charge is 2.39. The minimum atomic E-state index is -0.0748. The first kappa shape index (κ1) is 13.8. The Labute approximate surface area is 117 Å². The maximum atomic E-state index is 10.4. The van der Waals surface area contributed by atoms with Gasteiger partial charge in [-0.25, -0.2) is 0 Å². The molecule has 3 unspecified atom stereocenters. The van der Waals surface area contributed by atoms with Crippen LogP contribution < -0.4 is 5.32 Å². The maximum Gasteiger partial charge on any atom is 0.0695 e. The Bertz CT molecular complexity index is 283. The third kappa shape index (κ3) is 3.14. The van der Waals surface area contributed by atoms with Crippen LogP contribution in [0, 0.1) is 5.41 Å². The zero-order valence-electron chi connectivity index (χ0n) is 12.2. The summed E-state index contributed by atoms with van der Waals surface area (Å²) in [4.78, 5) is 2.65. The molecule has 3 fully saturated rings. The second kappa shape index (κ2) is 6.11. The van der Waals surface area contributed by atoms with Gasteiger partial charge in [-0.05, 0) is 57.0 Å². The van der Waals surface area contributed by atoms with Crippen molar-refractivity contribution in [3.05, 3.63) is 0 Å². The van der Waals surface area contributed by atoms with Crippen molar-refractivity contribution in [2.45, 2.75) is 69.9 Å². The molecular formula is C16H30N2O. The average molecular weight is 266 g/mol. The van der Waals surface area contributed by atoms with E-state index in [1.165, 1.54) is 77.5 Å². The number of likely N-dealkylation sites (tertiary alicyclic amines) is 1. The molecule has 0 aromatic heterocycles. The monoisotopic (exact) mass is 266 g/mol. The van der Waals surface area contributed by atoms with Crippen LogP contribution in [-0.2, 0) is 0 Å². The molecule has 0 radical (unpaired) electrons. The maximum absolute atomic E-state index is 10.4. The van der Waals surface area contributed by atoms with Gasteiger partial charge in [0.05, 0.1) is 6.10 Å². The van der Waals surface area contributed by atoms with Gasteiger partial charge in [0, 0.05) is 19.1 Å². The summed E-state index contributed by atoms with van der Waals surface area (Å²) >= 11 is 0. The Morgan fingerprint density at radius 1 is 1.00 bits per heavy atom. The average Bonchev–Trinajstić information content (AvgIpc) is 2.64. The number of hydrogen-bond donors (Lipinski definition) is 2. The van der Waals surface area contributed by atoms with Crippen LogP contribution in [0.15, 0.2) is 0 Å². The molecule has 3 nitrogen and oxygen atoms in total. The fraction of sp³-hybridized carbons (Fsp3) is 1.00. The van der Waals surface area contributed by atoms with Crippen molar-refractivity contribution in [3.63, 3.8) is 0 Å². The number of rotatable bonds is 1. The number of hydrogen-bond acceptors (Lipinski definition) is 3. The molecule has 0 aromatic carbocycles. The predicted octanol–water partition coefficient (Wildman–Crippen LogP) is 2.15. The topological polar surface area (TPSA) is 35.5 Å². The summed E-state index contributed by atoms with van der Waals surface area (Å²) in [6.07, 6.45) is 11.4. The molecule has 19 heavy (non-hydrogen) atoms. The number of piperidine rings is 2. The van der Waals surface area contributed by atoms with E-state index in [-0.39, 0.29) is 6.10 Å². The first-order chi connectivity index (χ1) is 9.29. The van der Waals surface area contributed by atoms with E-state index in [0.717, 1.165) is 6.42 Å². The fourth-order valence-electron chi connectivity index (χ4n) is 4.60. The third-order valence-corrected chi connectivity index (χ3v) is 5.66. The Morgan fingerprint density at radius 3 is 2.68 bits per heavy atom. The highest BCUT2D eigenvalue weighted by molar-refractivity contribution is 4.94. The highest BCUT2D eigenvalue weighted by Crippen LogP contribution is 2.38. The van der Waals surface area contributed by atoms with E-state index >= 15 is 0 Å². The Hall–Kier alpha value is -0.120. The van der Waals surface area contributed by atoms with Crippen LogP contribution in [0.4, 0.5) is 0 Å². The van der Waals surface area contributed by atoms with Crippen molar-refractivity contribution in [1.82, 2.24) is 10.2 Å². The first-order valence-electron chi connectivity index (χ1n) is 8.42. The molecule has 3 aliphatic rings. The first-order valence-corrected chi connectivity index (χ1v) is 8.42. The van der Waals surface area contributed by atoms with Gasteiger partial charge in [-0.2, -0.15) is 0 Å². The van der Waals surface area contributed by atoms with Crippen molar-refractivity contribution in [2.24, 2.45) is 5.41 Å². The Balaban J connectivity index is 1.66. The molecule has 2 aliphatic heterocycles. The van der Waals surface area contributed by atoms with Crippen molar-refractivity contribution in [2.75, 3.05) is 26.2 Å². The lowest BCUT2D eigenvalue weighted by Crippen LogP contribution is -2.55. The second-order valence-electron chi connectivity index (χ2n) is 7.13. The number of nitrogens with one attached hydrogen (secondary N) is 1. The zero-order chi connectivity index (χ0) is 13.1. The van der Waals surface area contributed by atoms with Crippen LogP contribution in [0.1, 0.15) is 57.8 Å². The largest absolute Gasteiger partial charge is 0.391 e. The van der Waals surface area contributed by atoms with Crippen LogP contribution >= 0.6 is 0 Å². The van der Waals surface area contributed by atoms with Crippen molar-refractivity contribution in [1.29, 1.82) is 0 Å². The third-order valence-electron chi connectivity index (χ3n) is 5.66. The van der Waals surface area contributed by atoms with Gasteiger partial charge in [0.15, 0.2) is 0 Å². The summed E-state index contributed by atoms with van der Waals surface area (Å²) in [5.41, 5.74) is 0.516. The van der Waals surface area contributed by atoms with Crippen molar-refractivity contribution < 1.29 is 5.11 Å². The summed E-state index contributed by atoms with van der Waals surface area (Å²) in [7, 11) is 0. The molecule has 1 aliphatic carbocycles. The molecule has 2 heterocycles. The molecule has 2 N–H and O–H groups in total. The van der Waals surface area contributed by atoms with Gasteiger partial charge in [0.25, 0.3) is 0 Å². The molecule has 3 heteroatoms. The minimum absolute atomic E-state index is 0.0748. The van der Waals surface area contributed by atoms with E-state index in [1.54, 1.807) is 0 Å². The summed E-state index contributed by atoms with van der Waals surface area (Å²) in [6, 6.07) is 0.446. The molecule has 1 saturated carbocycles. The second-order valence-corrected chi connectivity index (χ2v) is 7.13. The Morgan fingerprint density at radius 2 is 1.84 bits per heavy atom. The van der Waals surface area contributed by atoms with Crippen molar-refractivity contribution >= 4 is 0 Å². The smallest absolute Gasteiger partial charge is 0.0695 e.